The van der Waals surface area contributed by atoms with Gasteiger partial charge in [-0.25, -0.2) is 8.42 Å². The molecule has 1 aromatic carbocycles. The van der Waals surface area contributed by atoms with Gasteiger partial charge in [0, 0.05) is 0 Å². The van der Waals surface area contributed by atoms with E-state index in [-0.39, 0.29) is 5.69 Å². The number of nitrogens with two attached hydrogens (primary N) is 1. The average Bonchev–Trinajstić information content (AvgIpc) is 2.04. The Morgan fingerprint density at radius 1 is 1.31 bits per heavy atom. The first-order valence-electron chi connectivity index (χ1n) is 4.27. The molecular formula is C9H10F3NO2S. The zero-order valence-corrected chi connectivity index (χ0v) is 9.19. The van der Waals surface area contributed by atoms with Crippen molar-refractivity contribution in [2.24, 2.45) is 0 Å². The van der Waals surface area contributed by atoms with Crippen LogP contribution in [0.4, 0.5) is 18.9 Å². The lowest BCUT2D eigenvalue weighted by Crippen LogP contribution is -2.23. The maximum absolute atomic E-state index is 12.0. The van der Waals surface area contributed by atoms with E-state index < -0.39 is 26.7 Å². The largest absolute Gasteiger partial charge is 0.403 e. The van der Waals surface area contributed by atoms with Crippen molar-refractivity contribution in [3.05, 3.63) is 23.8 Å². The number of hydrogen-bond donors (Lipinski definition) is 1. The quantitative estimate of drug-likeness (QED) is 0.819. The Morgan fingerprint density at radius 2 is 1.88 bits per heavy atom. The Hall–Kier alpha value is -1.24. The molecule has 2 N–H and O–H groups in total. The Bertz CT molecular complexity index is 494. The molecule has 0 aromatic heterocycles. The number of sulfone groups is 1. The molecule has 0 unspecified atom stereocenters. The molecule has 0 aliphatic rings. The van der Waals surface area contributed by atoms with Crippen molar-refractivity contribution in [3.8, 4) is 0 Å². The molecule has 0 radical (unpaired) electrons. The van der Waals surface area contributed by atoms with Crippen LogP contribution in [0.1, 0.15) is 5.56 Å². The number of nitrogen functional groups attached to an aromatic ring is 1. The van der Waals surface area contributed by atoms with Crippen LogP contribution >= 0.6 is 0 Å². The number of alkyl halides is 3. The number of halogens is 3. The van der Waals surface area contributed by atoms with Crippen molar-refractivity contribution in [1.82, 2.24) is 0 Å². The summed E-state index contributed by atoms with van der Waals surface area (Å²) in [5, 5.41) is 0. The maximum Gasteiger partial charge on any atom is 0.403 e. The number of hydrogen-bond acceptors (Lipinski definition) is 3. The van der Waals surface area contributed by atoms with Gasteiger partial charge in [-0.15, -0.1) is 0 Å². The van der Waals surface area contributed by atoms with Crippen molar-refractivity contribution >= 4 is 15.5 Å². The third-order valence-corrected chi connectivity index (χ3v) is 3.59. The predicted octanol–water partition coefficient (Wildman–Crippen LogP) is 1.91. The van der Waals surface area contributed by atoms with Crippen LogP contribution in [-0.4, -0.2) is 20.3 Å². The number of anilines is 1. The van der Waals surface area contributed by atoms with Crippen LogP contribution in [-0.2, 0) is 9.84 Å². The fraction of sp³-hybridized carbons (Fsp3) is 0.333. The topological polar surface area (TPSA) is 60.2 Å². The van der Waals surface area contributed by atoms with Gasteiger partial charge in [-0.3, -0.25) is 0 Å². The molecule has 0 heterocycles. The van der Waals surface area contributed by atoms with E-state index in [0.717, 1.165) is 6.07 Å². The lowest BCUT2D eigenvalue weighted by atomic mass is 10.2. The van der Waals surface area contributed by atoms with Gasteiger partial charge in [0.2, 0.25) is 0 Å². The summed E-state index contributed by atoms with van der Waals surface area (Å²) in [6.45, 7) is 1.58. The molecule has 0 aliphatic carbocycles. The summed E-state index contributed by atoms with van der Waals surface area (Å²) in [7, 11) is -4.42. The highest BCUT2D eigenvalue weighted by atomic mass is 32.2. The molecule has 16 heavy (non-hydrogen) atoms. The van der Waals surface area contributed by atoms with Gasteiger partial charge in [0.05, 0.1) is 10.6 Å². The highest BCUT2D eigenvalue weighted by molar-refractivity contribution is 7.91. The summed E-state index contributed by atoms with van der Waals surface area (Å²) in [6, 6.07) is 3.94. The summed E-state index contributed by atoms with van der Waals surface area (Å²) in [4.78, 5) is -0.468. The highest BCUT2D eigenvalue weighted by Crippen LogP contribution is 2.26. The molecule has 0 saturated carbocycles. The summed E-state index contributed by atoms with van der Waals surface area (Å²) in [6.07, 6.45) is -4.77. The van der Waals surface area contributed by atoms with Gasteiger partial charge in [-0.1, -0.05) is 6.07 Å². The third kappa shape index (κ3) is 3.13. The van der Waals surface area contributed by atoms with E-state index in [2.05, 4.69) is 0 Å². The number of rotatable bonds is 2. The second-order valence-electron chi connectivity index (χ2n) is 3.42. The average molecular weight is 253 g/mol. The fourth-order valence-corrected chi connectivity index (χ4v) is 2.58. The Kier molecular flexibility index (Phi) is 3.18. The maximum atomic E-state index is 12.0. The molecule has 0 amide bonds. The predicted molar refractivity (Wildman–Crippen MR) is 53.7 cm³/mol. The standard InChI is InChI=1S/C9H10F3NO2S/c1-6-2-3-7(13)8(4-6)16(14,15)5-9(10,11)12/h2-4H,5,13H2,1H3. The van der Waals surface area contributed by atoms with E-state index in [4.69, 9.17) is 5.73 Å². The second kappa shape index (κ2) is 3.97. The summed E-state index contributed by atoms with van der Waals surface area (Å²) in [5.74, 6) is -1.90. The van der Waals surface area contributed by atoms with Crippen LogP contribution in [0, 0.1) is 6.92 Å². The lowest BCUT2D eigenvalue weighted by molar-refractivity contribution is -0.106. The Morgan fingerprint density at radius 3 is 2.38 bits per heavy atom. The normalized spacial score (nSPS) is 12.8. The first kappa shape index (κ1) is 12.8. The lowest BCUT2D eigenvalue weighted by Gasteiger charge is -2.10. The smallest absolute Gasteiger partial charge is 0.398 e. The zero-order chi connectivity index (χ0) is 12.6. The van der Waals surface area contributed by atoms with Crippen LogP contribution in [0.15, 0.2) is 23.1 Å². The van der Waals surface area contributed by atoms with Crippen LogP contribution in [0.2, 0.25) is 0 Å². The summed E-state index contributed by atoms with van der Waals surface area (Å²) in [5.41, 5.74) is 5.71. The number of benzene rings is 1. The highest BCUT2D eigenvalue weighted by Gasteiger charge is 2.36. The molecule has 1 rings (SSSR count). The van der Waals surface area contributed by atoms with Crippen molar-refractivity contribution in [2.75, 3.05) is 11.5 Å². The van der Waals surface area contributed by atoms with Crippen molar-refractivity contribution in [1.29, 1.82) is 0 Å². The van der Waals surface area contributed by atoms with E-state index in [1.807, 2.05) is 0 Å². The summed E-state index contributed by atoms with van der Waals surface area (Å²) >= 11 is 0. The van der Waals surface area contributed by atoms with Gasteiger partial charge in [0.15, 0.2) is 15.6 Å². The molecule has 0 aliphatic heterocycles. The monoisotopic (exact) mass is 253 g/mol. The van der Waals surface area contributed by atoms with Gasteiger partial charge in [0.25, 0.3) is 0 Å². The molecule has 0 saturated heterocycles. The second-order valence-corrected chi connectivity index (χ2v) is 5.37. The molecule has 3 nitrogen and oxygen atoms in total. The fourth-order valence-electron chi connectivity index (χ4n) is 1.20. The van der Waals surface area contributed by atoms with E-state index in [0.29, 0.717) is 5.56 Å². The molecular weight excluding hydrogens is 243 g/mol. The molecule has 0 atom stereocenters. The van der Waals surface area contributed by atoms with E-state index in [9.17, 15) is 21.6 Å². The van der Waals surface area contributed by atoms with Crippen molar-refractivity contribution in [2.45, 2.75) is 18.0 Å². The zero-order valence-electron chi connectivity index (χ0n) is 8.38. The van der Waals surface area contributed by atoms with Crippen LogP contribution in [0.5, 0.6) is 0 Å². The van der Waals surface area contributed by atoms with Crippen molar-refractivity contribution < 1.29 is 21.6 Å². The first-order valence-corrected chi connectivity index (χ1v) is 5.93. The van der Waals surface area contributed by atoms with Gasteiger partial charge >= 0.3 is 6.18 Å². The molecule has 1 aromatic rings. The Labute approximate surface area is 91.0 Å². The minimum atomic E-state index is -4.77. The van der Waals surface area contributed by atoms with Gasteiger partial charge in [-0.2, -0.15) is 13.2 Å². The van der Waals surface area contributed by atoms with Crippen LogP contribution in [0.25, 0.3) is 0 Å². The molecule has 7 heteroatoms. The molecule has 90 valence electrons. The van der Waals surface area contributed by atoms with Crippen LogP contribution in [0.3, 0.4) is 0 Å². The SMILES string of the molecule is Cc1ccc(N)c(S(=O)(=O)CC(F)(F)F)c1. The minimum Gasteiger partial charge on any atom is -0.398 e. The molecule has 0 fully saturated rings. The van der Waals surface area contributed by atoms with E-state index >= 15 is 0 Å². The van der Waals surface area contributed by atoms with Crippen LogP contribution < -0.4 is 5.73 Å². The van der Waals surface area contributed by atoms with Gasteiger partial charge in [0.1, 0.15) is 0 Å². The van der Waals surface area contributed by atoms with E-state index in [1.165, 1.54) is 12.1 Å². The van der Waals surface area contributed by atoms with Gasteiger partial charge < -0.3 is 5.73 Å². The first-order chi connectivity index (χ1) is 7.12. The van der Waals surface area contributed by atoms with Crippen molar-refractivity contribution in [3.63, 3.8) is 0 Å². The third-order valence-electron chi connectivity index (χ3n) is 1.86. The van der Waals surface area contributed by atoms with E-state index in [1.54, 1.807) is 6.92 Å². The number of aryl methyl sites for hydroxylation is 1. The molecule has 0 spiro atoms. The molecule has 0 bridgehead atoms. The Balaban J connectivity index is 3.22. The minimum absolute atomic E-state index is 0.171. The summed E-state index contributed by atoms with van der Waals surface area (Å²) < 4.78 is 59.0. The van der Waals surface area contributed by atoms with Gasteiger partial charge in [-0.05, 0) is 24.6 Å².